The standard InChI is InChI=1S/C12H17N3O3.C2H6/c1-9-4-5-14(7-10(9)8-16)11-2-3-12(13-6-11)15(17)18;1-2/h2-3,6,9-10,16H,4-5,7-8H2,1H3;1-2H3. The van der Waals surface area contributed by atoms with E-state index in [0.29, 0.717) is 5.92 Å². The Hall–Kier alpha value is -1.69. The molecule has 1 N–H and O–H groups in total. The topological polar surface area (TPSA) is 79.5 Å². The van der Waals surface area contributed by atoms with E-state index >= 15 is 0 Å². The van der Waals surface area contributed by atoms with E-state index in [0.717, 1.165) is 25.2 Å². The van der Waals surface area contributed by atoms with Crippen LogP contribution >= 0.6 is 0 Å². The summed E-state index contributed by atoms with van der Waals surface area (Å²) in [6, 6.07) is 3.14. The normalized spacial score (nSPS) is 21.9. The zero-order valence-electron chi connectivity index (χ0n) is 12.3. The molecule has 1 aromatic rings. The molecule has 112 valence electrons. The Balaban J connectivity index is 0.000000956. The molecule has 6 heteroatoms. The van der Waals surface area contributed by atoms with Crippen LogP contribution < -0.4 is 4.90 Å². The lowest BCUT2D eigenvalue weighted by atomic mass is 9.87. The molecule has 1 fully saturated rings. The average Bonchev–Trinajstić information content (AvgIpc) is 2.50. The Morgan fingerprint density at radius 2 is 2.20 bits per heavy atom. The number of hydrogen-bond donors (Lipinski definition) is 1. The van der Waals surface area contributed by atoms with Crippen LogP contribution in [0, 0.1) is 22.0 Å². The molecule has 20 heavy (non-hydrogen) atoms. The largest absolute Gasteiger partial charge is 0.396 e. The van der Waals surface area contributed by atoms with E-state index in [9.17, 15) is 15.2 Å². The van der Waals surface area contributed by atoms with E-state index in [1.54, 1.807) is 6.07 Å². The summed E-state index contributed by atoms with van der Waals surface area (Å²) in [6.07, 6.45) is 2.55. The zero-order valence-corrected chi connectivity index (χ0v) is 12.3. The van der Waals surface area contributed by atoms with Gasteiger partial charge in [-0.1, -0.05) is 20.8 Å². The third-order valence-electron chi connectivity index (χ3n) is 3.63. The fourth-order valence-corrected chi connectivity index (χ4v) is 2.29. The second-order valence-electron chi connectivity index (χ2n) is 4.79. The molecular weight excluding hydrogens is 258 g/mol. The number of aliphatic hydroxyl groups excluding tert-OH is 1. The Bertz CT molecular complexity index is 422. The van der Waals surface area contributed by atoms with Gasteiger partial charge in [0.25, 0.3) is 0 Å². The first-order chi connectivity index (χ1) is 9.61. The van der Waals surface area contributed by atoms with Gasteiger partial charge in [-0.15, -0.1) is 0 Å². The molecular formula is C14H23N3O3. The number of pyridine rings is 1. The molecule has 0 radical (unpaired) electrons. The van der Waals surface area contributed by atoms with Crippen molar-refractivity contribution in [2.45, 2.75) is 27.2 Å². The molecule has 0 bridgehead atoms. The van der Waals surface area contributed by atoms with Crippen LogP contribution in [0.2, 0.25) is 0 Å². The van der Waals surface area contributed by atoms with Crippen molar-refractivity contribution in [3.8, 4) is 0 Å². The summed E-state index contributed by atoms with van der Waals surface area (Å²) in [5.74, 6) is 0.633. The molecule has 0 aliphatic carbocycles. The number of nitrogens with zero attached hydrogens (tertiary/aromatic N) is 3. The highest BCUT2D eigenvalue weighted by Crippen LogP contribution is 2.27. The minimum Gasteiger partial charge on any atom is -0.396 e. The van der Waals surface area contributed by atoms with Crippen molar-refractivity contribution >= 4 is 11.5 Å². The number of anilines is 1. The second kappa shape index (κ2) is 7.79. The van der Waals surface area contributed by atoms with E-state index in [2.05, 4.69) is 16.8 Å². The highest BCUT2D eigenvalue weighted by atomic mass is 16.6. The summed E-state index contributed by atoms with van der Waals surface area (Å²) in [6.45, 7) is 8.00. The first-order valence-electron chi connectivity index (χ1n) is 7.08. The SMILES string of the molecule is CC.CC1CCN(c2ccc([N+](=O)[O-])nc2)CC1CO. The van der Waals surface area contributed by atoms with Gasteiger partial charge in [0.15, 0.2) is 6.20 Å². The lowest BCUT2D eigenvalue weighted by Gasteiger charge is -2.37. The number of aliphatic hydroxyl groups is 1. The van der Waals surface area contributed by atoms with E-state index in [4.69, 9.17) is 0 Å². The van der Waals surface area contributed by atoms with Crippen LogP contribution in [0.1, 0.15) is 27.2 Å². The molecule has 2 heterocycles. The molecule has 2 atom stereocenters. The van der Waals surface area contributed by atoms with Gasteiger partial charge in [0, 0.05) is 31.7 Å². The predicted octanol–water partition coefficient (Wildman–Crippen LogP) is 2.47. The Labute approximate surface area is 119 Å². The van der Waals surface area contributed by atoms with Gasteiger partial charge in [-0.25, -0.2) is 0 Å². The molecule has 1 aliphatic heterocycles. The smallest absolute Gasteiger partial charge is 0.363 e. The van der Waals surface area contributed by atoms with Gasteiger partial charge in [-0.2, -0.15) is 0 Å². The van der Waals surface area contributed by atoms with Gasteiger partial charge in [0.1, 0.15) is 0 Å². The van der Waals surface area contributed by atoms with E-state index in [-0.39, 0.29) is 18.3 Å². The summed E-state index contributed by atoms with van der Waals surface area (Å²) in [5, 5.41) is 19.8. The van der Waals surface area contributed by atoms with E-state index in [1.807, 2.05) is 13.8 Å². The van der Waals surface area contributed by atoms with Gasteiger partial charge in [-0.05, 0) is 28.3 Å². The third-order valence-corrected chi connectivity index (χ3v) is 3.63. The van der Waals surface area contributed by atoms with Crippen molar-refractivity contribution in [1.82, 2.24) is 4.98 Å². The van der Waals surface area contributed by atoms with Crippen molar-refractivity contribution in [2.75, 3.05) is 24.6 Å². The van der Waals surface area contributed by atoms with Gasteiger partial charge < -0.3 is 20.1 Å². The van der Waals surface area contributed by atoms with Crippen molar-refractivity contribution in [1.29, 1.82) is 0 Å². The van der Waals surface area contributed by atoms with Crippen molar-refractivity contribution in [3.63, 3.8) is 0 Å². The monoisotopic (exact) mass is 281 g/mol. The van der Waals surface area contributed by atoms with Gasteiger partial charge in [-0.3, -0.25) is 0 Å². The lowest BCUT2D eigenvalue weighted by Crippen LogP contribution is -2.41. The quantitative estimate of drug-likeness (QED) is 0.680. The molecule has 2 unspecified atom stereocenters. The molecule has 1 aliphatic rings. The highest BCUT2D eigenvalue weighted by molar-refractivity contribution is 5.47. The van der Waals surface area contributed by atoms with Crippen LogP contribution in [0.3, 0.4) is 0 Å². The van der Waals surface area contributed by atoms with Crippen molar-refractivity contribution < 1.29 is 10.0 Å². The average molecular weight is 281 g/mol. The molecule has 1 aromatic heterocycles. The molecule has 0 aromatic carbocycles. The van der Waals surface area contributed by atoms with Crippen LogP contribution in [0.4, 0.5) is 11.5 Å². The van der Waals surface area contributed by atoms with Crippen LogP contribution in [0.25, 0.3) is 0 Å². The molecule has 0 saturated carbocycles. The third kappa shape index (κ3) is 3.90. The highest BCUT2D eigenvalue weighted by Gasteiger charge is 2.26. The first kappa shape index (κ1) is 16.4. The molecule has 1 saturated heterocycles. The fourth-order valence-electron chi connectivity index (χ4n) is 2.29. The van der Waals surface area contributed by atoms with Gasteiger partial charge in [0.2, 0.25) is 0 Å². The number of nitro groups is 1. The molecule has 2 rings (SSSR count). The molecule has 0 spiro atoms. The first-order valence-corrected chi connectivity index (χ1v) is 7.08. The molecule has 0 amide bonds. The predicted molar refractivity (Wildman–Crippen MR) is 78.8 cm³/mol. The number of rotatable bonds is 3. The fraction of sp³-hybridized carbons (Fsp3) is 0.643. The van der Waals surface area contributed by atoms with Gasteiger partial charge >= 0.3 is 5.82 Å². The maximum Gasteiger partial charge on any atom is 0.363 e. The maximum absolute atomic E-state index is 10.5. The Kier molecular flexibility index (Phi) is 6.38. The minimum atomic E-state index is -0.501. The zero-order chi connectivity index (χ0) is 15.1. The number of hydrogen-bond acceptors (Lipinski definition) is 5. The minimum absolute atomic E-state index is 0.136. The molecule has 6 nitrogen and oxygen atoms in total. The summed E-state index contributed by atoms with van der Waals surface area (Å²) in [5.41, 5.74) is 0.881. The van der Waals surface area contributed by atoms with Gasteiger partial charge in [0.05, 0.1) is 5.69 Å². The number of aromatic nitrogens is 1. The van der Waals surface area contributed by atoms with Crippen molar-refractivity contribution in [2.24, 2.45) is 11.8 Å². The second-order valence-corrected chi connectivity index (χ2v) is 4.79. The Morgan fingerprint density at radius 1 is 1.50 bits per heavy atom. The van der Waals surface area contributed by atoms with E-state index < -0.39 is 4.92 Å². The van der Waals surface area contributed by atoms with E-state index in [1.165, 1.54) is 12.3 Å². The maximum atomic E-state index is 10.5. The summed E-state index contributed by atoms with van der Waals surface area (Å²) < 4.78 is 0. The van der Waals surface area contributed by atoms with Crippen LogP contribution in [-0.4, -0.2) is 34.7 Å². The summed E-state index contributed by atoms with van der Waals surface area (Å²) in [7, 11) is 0. The Morgan fingerprint density at radius 3 is 2.70 bits per heavy atom. The van der Waals surface area contributed by atoms with Crippen molar-refractivity contribution in [3.05, 3.63) is 28.4 Å². The summed E-state index contributed by atoms with van der Waals surface area (Å²) >= 11 is 0. The van der Waals surface area contributed by atoms with Crippen LogP contribution in [0.5, 0.6) is 0 Å². The number of piperidine rings is 1. The lowest BCUT2D eigenvalue weighted by molar-refractivity contribution is -0.389. The van der Waals surface area contributed by atoms with Crippen LogP contribution in [0.15, 0.2) is 18.3 Å². The summed E-state index contributed by atoms with van der Waals surface area (Å²) in [4.78, 5) is 16.0. The van der Waals surface area contributed by atoms with Crippen LogP contribution in [-0.2, 0) is 0 Å².